The van der Waals surface area contributed by atoms with Crippen LogP contribution in [0, 0.1) is 5.92 Å². The predicted molar refractivity (Wildman–Crippen MR) is 143 cm³/mol. The minimum Gasteiger partial charge on any atom is -0.325 e. The van der Waals surface area contributed by atoms with E-state index in [1.54, 1.807) is 24.3 Å². The molecule has 186 valence electrons. The largest absolute Gasteiger partial charge is 0.325 e. The van der Waals surface area contributed by atoms with Gasteiger partial charge < -0.3 is 10.6 Å². The zero-order chi connectivity index (χ0) is 25.7. The lowest BCUT2D eigenvalue weighted by molar-refractivity contribution is -0.137. The SMILES string of the molecule is O=C(c1ccc(Cl)cc1Cl)[C@@H]1[C@@H]2CCCN2[C@]2(C(=O)Nc3c(Cl)cccc32)[C@@]12C(=O)Nc1ccccc12. The summed E-state index contributed by atoms with van der Waals surface area (Å²) in [6, 6.07) is 17.0. The Kier molecular flexibility index (Phi) is 4.90. The fourth-order valence-corrected chi connectivity index (χ4v) is 8.15. The minimum absolute atomic E-state index is 0.212. The van der Waals surface area contributed by atoms with E-state index in [1.165, 1.54) is 6.07 Å². The first kappa shape index (κ1) is 23.2. The Morgan fingerprint density at radius 3 is 2.49 bits per heavy atom. The Balaban J connectivity index is 1.60. The number of rotatable bonds is 2. The van der Waals surface area contributed by atoms with E-state index in [0.717, 1.165) is 6.42 Å². The smallest absolute Gasteiger partial charge is 0.251 e. The van der Waals surface area contributed by atoms with Gasteiger partial charge in [0, 0.05) is 27.9 Å². The van der Waals surface area contributed by atoms with Crippen LogP contribution >= 0.6 is 34.8 Å². The van der Waals surface area contributed by atoms with Gasteiger partial charge in [0.15, 0.2) is 5.78 Å². The molecule has 0 radical (unpaired) electrons. The average Bonchev–Trinajstić information content (AvgIpc) is 3.58. The van der Waals surface area contributed by atoms with Crippen LogP contribution in [0.15, 0.2) is 60.7 Å². The number of Topliss-reactive ketones (excluding diaryl/α,β-unsaturated/α-hetero) is 1. The lowest BCUT2D eigenvalue weighted by atomic mass is 9.57. The highest BCUT2D eigenvalue weighted by Gasteiger charge is 2.81. The average molecular weight is 553 g/mol. The Morgan fingerprint density at radius 2 is 1.68 bits per heavy atom. The third-order valence-electron chi connectivity index (χ3n) is 8.56. The number of para-hydroxylation sites is 2. The highest BCUT2D eigenvalue weighted by molar-refractivity contribution is 6.37. The lowest BCUT2D eigenvalue weighted by Crippen LogP contribution is -2.62. The first-order valence-corrected chi connectivity index (χ1v) is 13.2. The van der Waals surface area contributed by atoms with Crippen LogP contribution in [0.5, 0.6) is 0 Å². The second-order valence-electron chi connectivity index (χ2n) is 10.0. The molecule has 6 nitrogen and oxygen atoms in total. The molecule has 2 fully saturated rings. The van der Waals surface area contributed by atoms with Gasteiger partial charge in [0.1, 0.15) is 11.0 Å². The molecule has 4 atom stereocenters. The van der Waals surface area contributed by atoms with E-state index < -0.39 is 16.9 Å². The molecular formula is C28H20Cl3N3O3. The summed E-state index contributed by atoms with van der Waals surface area (Å²) >= 11 is 19.3. The standard InChI is InChI=1S/C28H20Cl3N3O3/c29-14-10-11-15(19(31)13-14)24(35)22-21-9-4-12-34(21)28(17-6-3-7-18(30)23(17)33-26(28)37)27(22)16-5-1-2-8-20(16)32-25(27)36/h1-3,5-8,10-11,13,21-22H,4,9,12H2,(H,32,36)(H,33,37)/t21-,22-,27+,28+/m0/s1. The zero-order valence-corrected chi connectivity index (χ0v) is 21.6. The first-order chi connectivity index (χ1) is 17.8. The molecule has 0 unspecified atom stereocenters. The van der Waals surface area contributed by atoms with E-state index in [-0.39, 0.29) is 34.2 Å². The van der Waals surface area contributed by atoms with Gasteiger partial charge in [-0.15, -0.1) is 0 Å². The van der Waals surface area contributed by atoms with Gasteiger partial charge in [0.25, 0.3) is 5.91 Å². The zero-order valence-electron chi connectivity index (χ0n) is 19.4. The summed E-state index contributed by atoms with van der Waals surface area (Å²) in [4.78, 5) is 45.4. The Morgan fingerprint density at radius 1 is 0.892 bits per heavy atom. The molecule has 3 aromatic carbocycles. The van der Waals surface area contributed by atoms with Crippen molar-refractivity contribution >= 4 is 63.8 Å². The maximum absolute atomic E-state index is 14.6. The number of anilines is 2. The molecule has 2 N–H and O–H groups in total. The minimum atomic E-state index is -1.55. The normalized spacial score (nSPS) is 29.4. The van der Waals surface area contributed by atoms with Crippen molar-refractivity contribution in [3.05, 3.63) is 92.4 Å². The number of hydrogen-bond acceptors (Lipinski definition) is 4. The van der Waals surface area contributed by atoms with Gasteiger partial charge in [0.05, 0.1) is 21.7 Å². The van der Waals surface area contributed by atoms with Gasteiger partial charge in [-0.1, -0.05) is 65.1 Å². The van der Waals surface area contributed by atoms with Crippen LogP contribution in [0.1, 0.15) is 34.3 Å². The number of amides is 2. The van der Waals surface area contributed by atoms with E-state index in [9.17, 15) is 14.4 Å². The van der Waals surface area contributed by atoms with Crippen LogP contribution in [0.4, 0.5) is 11.4 Å². The van der Waals surface area contributed by atoms with E-state index >= 15 is 0 Å². The van der Waals surface area contributed by atoms with Crippen molar-refractivity contribution in [1.29, 1.82) is 0 Å². The van der Waals surface area contributed by atoms with Crippen molar-refractivity contribution in [3.8, 4) is 0 Å². The number of nitrogens with one attached hydrogen (secondary N) is 2. The molecule has 3 aromatic rings. The Hall–Kier alpha value is -2.90. The molecule has 2 saturated heterocycles. The number of halogens is 3. The Bertz CT molecular complexity index is 1560. The number of fused-ring (bicyclic) bond motifs is 7. The number of hydrogen-bond donors (Lipinski definition) is 2. The maximum atomic E-state index is 14.6. The fraction of sp³-hybridized carbons (Fsp3) is 0.250. The molecule has 0 aliphatic carbocycles. The molecule has 37 heavy (non-hydrogen) atoms. The summed E-state index contributed by atoms with van der Waals surface area (Å²) in [6.07, 6.45) is 1.44. The molecule has 4 aliphatic rings. The van der Waals surface area contributed by atoms with Crippen LogP contribution in [0.3, 0.4) is 0 Å². The van der Waals surface area contributed by atoms with Crippen LogP contribution in [-0.2, 0) is 20.5 Å². The van der Waals surface area contributed by atoms with Gasteiger partial charge in [-0.05, 0) is 55.3 Å². The van der Waals surface area contributed by atoms with E-state index in [0.29, 0.717) is 45.5 Å². The second kappa shape index (κ2) is 7.81. The molecule has 4 aliphatic heterocycles. The molecule has 7 rings (SSSR count). The van der Waals surface area contributed by atoms with E-state index in [4.69, 9.17) is 34.8 Å². The summed E-state index contributed by atoms with van der Waals surface area (Å²) in [5, 5.41) is 7.00. The van der Waals surface area contributed by atoms with E-state index in [2.05, 4.69) is 15.5 Å². The Labute approximate surface area is 227 Å². The second-order valence-corrected chi connectivity index (χ2v) is 11.3. The lowest BCUT2D eigenvalue weighted by Gasteiger charge is -2.43. The van der Waals surface area contributed by atoms with Crippen molar-refractivity contribution in [3.63, 3.8) is 0 Å². The summed E-state index contributed by atoms with van der Waals surface area (Å²) in [5.74, 6) is -1.90. The number of carbonyl (C=O) groups excluding carboxylic acids is 3. The molecular weight excluding hydrogens is 533 g/mol. The highest BCUT2D eigenvalue weighted by atomic mass is 35.5. The van der Waals surface area contributed by atoms with Crippen LogP contribution < -0.4 is 10.6 Å². The quantitative estimate of drug-likeness (QED) is 0.402. The highest BCUT2D eigenvalue weighted by Crippen LogP contribution is 2.68. The number of carbonyl (C=O) groups is 3. The van der Waals surface area contributed by atoms with Crippen LogP contribution in [0.2, 0.25) is 15.1 Å². The topological polar surface area (TPSA) is 78.5 Å². The third kappa shape index (κ3) is 2.64. The summed E-state index contributed by atoms with van der Waals surface area (Å²) in [6.45, 7) is 0.555. The molecule has 0 bridgehead atoms. The summed E-state index contributed by atoms with van der Waals surface area (Å²) in [7, 11) is 0. The van der Waals surface area contributed by atoms with Crippen molar-refractivity contribution < 1.29 is 14.4 Å². The third-order valence-corrected chi connectivity index (χ3v) is 9.42. The molecule has 2 amide bonds. The van der Waals surface area contributed by atoms with Gasteiger partial charge in [-0.2, -0.15) is 0 Å². The summed E-state index contributed by atoms with van der Waals surface area (Å²) in [5.41, 5.74) is -0.423. The van der Waals surface area contributed by atoms with Crippen molar-refractivity contribution in [1.82, 2.24) is 4.90 Å². The number of benzene rings is 3. The number of nitrogens with zero attached hydrogens (tertiary/aromatic N) is 1. The maximum Gasteiger partial charge on any atom is 0.251 e. The van der Waals surface area contributed by atoms with Crippen LogP contribution in [0.25, 0.3) is 0 Å². The summed E-state index contributed by atoms with van der Waals surface area (Å²) < 4.78 is 0. The monoisotopic (exact) mass is 551 g/mol. The van der Waals surface area contributed by atoms with Gasteiger partial charge >= 0.3 is 0 Å². The molecule has 4 heterocycles. The van der Waals surface area contributed by atoms with Gasteiger partial charge in [-0.3, -0.25) is 19.3 Å². The van der Waals surface area contributed by atoms with Crippen LogP contribution in [-0.4, -0.2) is 35.1 Å². The van der Waals surface area contributed by atoms with Crippen molar-refractivity contribution in [2.45, 2.75) is 29.8 Å². The molecule has 0 saturated carbocycles. The van der Waals surface area contributed by atoms with Gasteiger partial charge in [0.2, 0.25) is 5.91 Å². The first-order valence-electron chi connectivity index (χ1n) is 12.1. The fourth-order valence-electron chi connectivity index (χ4n) is 7.43. The number of ketones is 1. The van der Waals surface area contributed by atoms with Crippen molar-refractivity contribution in [2.24, 2.45) is 5.92 Å². The molecule has 0 aromatic heterocycles. The van der Waals surface area contributed by atoms with Crippen molar-refractivity contribution in [2.75, 3.05) is 17.2 Å². The van der Waals surface area contributed by atoms with E-state index in [1.807, 2.05) is 30.3 Å². The molecule has 9 heteroatoms. The molecule has 2 spiro atoms. The van der Waals surface area contributed by atoms with Gasteiger partial charge in [-0.25, -0.2) is 0 Å². The predicted octanol–water partition coefficient (Wildman–Crippen LogP) is 5.66.